The number of rotatable bonds is 3. The van der Waals surface area contributed by atoms with E-state index in [2.05, 4.69) is 10.1 Å². The Labute approximate surface area is 161 Å². The van der Waals surface area contributed by atoms with E-state index < -0.39 is 5.91 Å². The smallest absolute Gasteiger partial charge is 0.254 e. The molecule has 4 rings (SSSR count). The van der Waals surface area contributed by atoms with Crippen molar-refractivity contribution in [1.82, 2.24) is 19.2 Å². The summed E-state index contributed by atoms with van der Waals surface area (Å²) in [6, 6.07) is 5.27. The first-order valence-corrected chi connectivity index (χ1v) is 8.68. The van der Waals surface area contributed by atoms with Crippen molar-refractivity contribution in [3.05, 3.63) is 53.5 Å². The number of aromatic nitrogens is 4. The number of benzene rings is 1. The molecule has 1 amide bonds. The fraction of sp³-hybridized carbons (Fsp3) is 0.150. The van der Waals surface area contributed by atoms with Crippen LogP contribution in [0.15, 0.2) is 36.8 Å². The zero-order valence-electron chi connectivity index (χ0n) is 15.8. The molecule has 0 fully saturated rings. The first-order valence-electron chi connectivity index (χ1n) is 8.68. The van der Waals surface area contributed by atoms with E-state index in [0.717, 1.165) is 11.1 Å². The predicted octanol–water partition coefficient (Wildman–Crippen LogP) is 2.41. The first-order chi connectivity index (χ1) is 13.3. The summed E-state index contributed by atoms with van der Waals surface area (Å²) in [6.45, 7) is 3.72. The minimum atomic E-state index is -0.669. The number of fused-ring (bicyclic) bond motifs is 1. The summed E-state index contributed by atoms with van der Waals surface area (Å²) in [7, 11) is 1.82. The summed E-state index contributed by atoms with van der Waals surface area (Å²) in [4.78, 5) is 16.8. The van der Waals surface area contributed by atoms with Crippen molar-refractivity contribution in [2.24, 2.45) is 12.8 Å². The number of aryl methyl sites for hydroxylation is 2. The van der Waals surface area contributed by atoms with Crippen LogP contribution in [-0.2, 0) is 7.05 Å². The molecule has 3 aromatic heterocycles. The lowest BCUT2D eigenvalue weighted by atomic mass is 9.93. The number of primary amides is 1. The van der Waals surface area contributed by atoms with E-state index in [1.807, 2.05) is 26.2 Å². The topological polar surface area (TPSA) is 124 Å². The fourth-order valence-corrected chi connectivity index (χ4v) is 3.51. The highest BCUT2D eigenvalue weighted by Gasteiger charge is 2.22. The molecule has 142 valence electrons. The third-order valence-electron chi connectivity index (χ3n) is 4.92. The van der Waals surface area contributed by atoms with Gasteiger partial charge in [-0.3, -0.25) is 9.48 Å². The van der Waals surface area contributed by atoms with Gasteiger partial charge >= 0.3 is 0 Å². The van der Waals surface area contributed by atoms with Gasteiger partial charge in [-0.05, 0) is 42.7 Å². The van der Waals surface area contributed by atoms with Crippen molar-refractivity contribution in [1.29, 1.82) is 0 Å². The standard InChI is InChI=1S/C20H20N6O2/c1-10-4-5-15(27)11(2)16(10)12-8-26-9-14(13-6-7-25(3)24-13)23-20(26)17(18(12)21)19(22)28/h4-9,27H,21H2,1-3H3,(H2,22,28). The molecule has 0 saturated heterocycles. The largest absolute Gasteiger partial charge is 0.508 e. The number of hydrogen-bond acceptors (Lipinski definition) is 5. The number of aromatic hydroxyl groups is 1. The minimum absolute atomic E-state index is 0.141. The van der Waals surface area contributed by atoms with Crippen LogP contribution in [0.3, 0.4) is 0 Å². The molecule has 0 aliphatic carbocycles. The van der Waals surface area contributed by atoms with E-state index in [1.54, 1.807) is 40.5 Å². The third-order valence-corrected chi connectivity index (χ3v) is 4.92. The van der Waals surface area contributed by atoms with Crippen molar-refractivity contribution < 1.29 is 9.90 Å². The average Bonchev–Trinajstić information content (AvgIpc) is 3.24. The van der Waals surface area contributed by atoms with Gasteiger partial charge in [-0.15, -0.1) is 0 Å². The molecule has 0 radical (unpaired) electrons. The van der Waals surface area contributed by atoms with Crippen LogP contribution in [0, 0.1) is 13.8 Å². The maximum Gasteiger partial charge on any atom is 0.254 e. The molecule has 4 aromatic rings. The van der Waals surface area contributed by atoms with Gasteiger partial charge in [0, 0.05) is 31.2 Å². The molecular formula is C20H20N6O2. The number of nitrogens with zero attached hydrogens (tertiary/aromatic N) is 4. The molecule has 0 unspecified atom stereocenters. The summed E-state index contributed by atoms with van der Waals surface area (Å²) in [5.41, 5.74) is 17.0. The van der Waals surface area contributed by atoms with E-state index in [0.29, 0.717) is 28.2 Å². The van der Waals surface area contributed by atoms with E-state index in [9.17, 15) is 9.90 Å². The molecule has 0 bridgehead atoms. The molecule has 0 aliphatic rings. The second kappa shape index (κ2) is 6.12. The van der Waals surface area contributed by atoms with E-state index in [-0.39, 0.29) is 17.0 Å². The number of carbonyl (C=O) groups excluding carboxylic acids is 1. The van der Waals surface area contributed by atoms with E-state index in [4.69, 9.17) is 11.5 Å². The van der Waals surface area contributed by atoms with Gasteiger partial charge < -0.3 is 21.0 Å². The molecule has 0 saturated carbocycles. The SMILES string of the molecule is Cc1ccc(O)c(C)c1-c1cn2cc(-c3ccn(C)n3)nc2c(C(N)=O)c1N. The van der Waals surface area contributed by atoms with Crippen LogP contribution in [0.2, 0.25) is 0 Å². The van der Waals surface area contributed by atoms with Gasteiger partial charge in [-0.2, -0.15) is 5.10 Å². The number of imidazole rings is 1. The van der Waals surface area contributed by atoms with Gasteiger partial charge in [0.1, 0.15) is 22.7 Å². The number of nitrogens with two attached hydrogens (primary N) is 2. The van der Waals surface area contributed by atoms with Crippen molar-refractivity contribution in [3.8, 4) is 28.3 Å². The molecule has 0 spiro atoms. The summed E-state index contributed by atoms with van der Waals surface area (Å²) in [6.07, 6.45) is 5.39. The molecule has 8 heteroatoms. The lowest BCUT2D eigenvalue weighted by Gasteiger charge is -2.16. The lowest BCUT2D eigenvalue weighted by molar-refractivity contribution is 0.100. The van der Waals surface area contributed by atoms with Crippen LogP contribution in [-0.4, -0.2) is 30.2 Å². The van der Waals surface area contributed by atoms with Gasteiger partial charge in [0.25, 0.3) is 5.91 Å². The Morgan fingerprint density at radius 2 is 1.89 bits per heavy atom. The number of pyridine rings is 1. The molecule has 28 heavy (non-hydrogen) atoms. The van der Waals surface area contributed by atoms with E-state index >= 15 is 0 Å². The number of amides is 1. The van der Waals surface area contributed by atoms with Gasteiger partial charge in [-0.25, -0.2) is 4.98 Å². The summed E-state index contributed by atoms with van der Waals surface area (Å²) in [5, 5.41) is 14.5. The number of nitrogen functional groups attached to an aromatic ring is 1. The monoisotopic (exact) mass is 376 g/mol. The molecule has 8 nitrogen and oxygen atoms in total. The molecule has 5 N–H and O–H groups in total. The molecular weight excluding hydrogens is 356 g/mol. The third kappa shape index (κ3) is 2.58. The summed E-state index contributed by atoms with van der Waals surface area (Å²) < 4.78 is 3.40. The summed E-state index contributed by atoms with van der Waals surface area (Å²) in [5.74, 6) is -0.515. The highest BCUT2D eigenvalue weighted by Crippen LogP contribution is 2.38. The Bertz CT molecular complexity index is 1250. The van der Waals surface area contributed by atoms with Gasteiger partial charge in [0.15, 0.2) is 5.65 Å². The normalized spacial score (nSPS) is 11.2. The maximum absolute atomic E-state index is 12.2. The van der Waals surface area contributed by atoms with Crippen LogP contribution in [0.1, 0.15) is 21.5 Å². The average molecular weight is 376 g/mol. The Kier molecular flexibility index (Phi) is 3.85. The number of carbonyl (C=O) groups is 1. The summed E-state index contributed by atoms with van der Waals surface area (Å²) >= 11 is 0. The molecule has 0 atom stereocenters. The fourth-order valence-electron chi connectivity index (χ4n) is 3.51. The Morgan fingerprint density at radius 3 is 2.54 bits per heavy atom. The number of hydrogen-bond donors (Lipinski definition) is 3. The van der Waals surface area contributed by atoms with Crippen molar-refractivity contribution in [3.63, 3.8) is 0 Å². The minimum Gasteiger partial charge on any atom is -0.508 e. The van der Waals surface area contributed by atoms with Gasteiger partial charge in [-0.1, -0.05) is 6.07 Å². The number of phenols is 1. The quantitative estimate of drug-likeness (QED) is 0.506. The Hall–Kier alpha value is -3.81. The zero-order chi connectivity index (χ0) is 20.2. The van der Waals surface area contributed by atoms with Gasteiger partial charge in [0.05, 0.1) is 5.69 Å². The Morgan fingerprint density at radius 1 is 1.14 bits per heavy atom. The Balaban J connectivity index is 2.06. The van der Waals surface area contributed by atoms with Crippen LogP contribution >= 0.6 is 0 Å². The highest BCUT2D eigenvalue weighted by atomic mass is 16.3. The van der Waals surface area contributed by atoms with Crippen LogP contribution < -0.4 is 11.5 Å². The van der Waals surface area contributed by atoms with Crippen molar-refractivity contribution in [2.45, 2.75) is 13.8 Å². The number of phenolic OH excluding ortho intramolecular Hbond substituents is 1. The molecule has 1 aromatic carbocycles. The molecule has 3 heterocycles. The van der Waals surface area contributed by atoms with Crippen LogP contribution in [0.25, 0.3) is 28.2 Å². The van der Waals surface area contributed by atoms with Gasteiger partial charge in [0.2, 0.25) is 0 Å². The van der Waals surface area contributed by atoms with Crippen LogP contribution in [0.4, 0.5) is 5.69 Å². The van der Waals surface area contributed by atoms with Crippen molar-refractivity contribution in [2.75, 3.05) is 5.73 Å². The second-order valence-corrected chi connectivity index (χ2v) is 6.83. The highest BCUT2D eigenvalue weighted by molar-refractivity contribution is 6.07. The second-order valence-electron chi connectivity index (χ2n) is 6.83. The predicted molar refractivity (Wildman–Crippen MR) is 107 cm³/mol. The molecule has 0 aliphatic heterocycles. The van der Waals surface area contributed by atoms with E-state index in [1.165, 1.54) is 0 Å². The maximum atomic E-state index is 12.2. The number of anilines is 1. The lowest BCUT2D eigenvalue weighted by Crippen LogP contribution is -2.16. The first kappa shape index (κ1) is 17.6. The van der Waals surface area contributed by atoms with Crippen LogP contribution in [0.5, 0.6) is 5.75 Å². The van der Waals surface area contributed by atoms with Crippen molar-refractivity contribution >= 4 is 17.2 Å². The zero-order valence-corrected chi connectivity index (χ0v) is 15.8.